The number of fused-ring (bicyclic) bond motifs is 1. The SMILES string of the molecule is COC(=O)[C@H](Cc1ccccc1)NC(=O)c1ccc2c(c1)/C(=C/c1[nH]c(C)c(C(=O)O)c1C)C(=O)N2. The van der Waals surface area contributed by atoms with E-state index in [-0.39, 0.29) is 29.0 Å². The first-order chi connectivity index (χ1) is 17.2. The highest BCUT2D eigenvalue weighted by Gasteiger charge is 2.28. The highest BCUT2D eigenvalue weighted by Crippen LogP contribution is 2.34. The summed E-state index contributed by atoms with van der Waals surface area (Å²) >= 11 is 0. The van der Waals surface area contributed by atoms with Crippen molar-refractivity contribution in [1.82, 2.24) is 10.3 Å². The smallest absolute Gasteiger partial charge is 0.337 e. The molecule has 4 rings (SSSR count). The van der Waals surface area contributed by atoms with Gasteiger partial charge in [0.15, 0.2) is 0 Å². The molecule has 0 fully saturated rings. The average molecular weight is 488 g/mol. The van der Waals surface area contributed by atoms with Crippen LogP contribution in [-0.2, 0) is 20.7 Å². The zero-order valence-electron chi connectivity index (χ0n) is 20.0. The van der Waals surface area contributed by atoms with E-state index >= 15 is 0 Å². The van der Waals surface area contributed by atoms with Gasteiger partial charge in [-0.25, -0.2) is 9.59 Å². The van der Waals surface area contributed by atoms with Gasteiger partial charge >= 0.3 is 11.9 Å². The summed E-state index contributed by atoms with van der Waals surface area (Å²) in [7, 11) is 1.26. The fourth-order valence-corrected chi connectivity index (χ4v) is 4.28. The fourth-order valence-electron chi connectivity index (χ4n) is 4.28. The minimum Gasteiger partial charge on any atom is -0.478 e. The monoisotopic (exact) mass is 487 g/mol. The van der Waals surface area contributed by atoms with Gasteiger partial charge in [0.2, 0.25) is 0 Å². The van der Waals surface area contributed by atoms with Crippen LogP contribution in [0.3, 0.4) is 0 Å². The van der Waals surface area contributed by atoms with Gasteiger partial charge in [-0.2, -0.15) is 0 Å². The molecule has 2 heterocycles. The zero-order valence-corrected chi connectivity index (χ0v) is 20.0. The van der Waals surface area contributed by atoms with Crippen molar-refractivity contribution in [2.45, 2.75) is 26.3 Å². The number of aromatic nitrogens is 1. The number of hydrogen-bond donors (Lipinski definition) is 4. The van der Waals surface area contributed by atoms with Crippen molar-refractivity contribution in [3.8, 4) is 0 Å². The molecule has 9 heteroatoms. The first-order valence-electron chi connectivity index (χ1n) is 11.2. The number of aryl methyl sites for hydroxylation is 1. The summed E-state index contributed by atoms with van der Waals surface area (Å²) < 4.78 is 4.87. The van der Waals surface area contributed by atoms with E-state index in [0.29, 0.717) is 28.2 Å². The summed E-state index contributed by atoms with van der Waals surface area (Å²) in [6.45, 7) is 3.31. The van der Waals surface area contributed by atoms with Gasteiger partial charge in [0.05, 0.1) is 18.2 Å². The van der Waals surface area contributed by atoms with Crippen molar-refractivity contribution in [3.63, 3.8) is 0 Å². The van der Waals surface area contributed by atoms with E-state index in [1.807, 2.05) is 30.3 Å². The van der Waals surface area contributed by atoms with Crippen molar-refractivity contribution in [2.75, 3.05) is 12.4 Å². The highest BCUT2D eigenvalue weighted by molar-refractivity contribution is 6.35. The Kier molecular flexibility index (Phi) is 6.73. The van der Waals surface area contributed by atoms with Crippen LogP contribution in [-0.4, -0.2) is 47.0 Å². The van der Waals surface area contributed by atoms with E-state index in [1.54, 1.807) is 38.1 Å². The lowest BCUT2D eigenvalue weighted by molar-refractivity contribution is -0.142. The molecule has 2 amide bonds. The molecule has 1 aliphatic heterocycles. The maximum absolute atomic E-state index is 13.1. The topological polar surface area (TPSA) is 138 Å². The zero-order chi connectivity index (χ0) is 26.0. The van der Waals surface area contributed by atoms with Crippen molar-refractivity contribution < 1.29 is 29.0 Å². The molecular formula is C27H25N3O6. The molecular weight excluding hydrogens is 462 g/mol. The summed E-state index contributed by atoms with van der Waals surface area (Å²) in [5, 5.41) is 14.9. The van der Waals surface area contributed by atoms with Gasteiger partial charge in [0.1, 0.15) is 6.04 Å². The molecule has 0 bridgehead atoms. The number of nitrogens with one attached hydrogen (secondary N) is 3. The summed E-state index contributed by atoms with van der Waals surface area (Å²) in [5.41, 5.74) is 4.05. The molecule has 36 heavy (non-hydrogen) atoms. The third kappa shape index (κ3) is 4.76. The maximum atomic E-state index is 13.1. The van der Waals surface area contributed by atoms with Crippen LogP contribution in [0.4, 0.5) is 5.69 Å². The number of rotatable bonds is 7. The van der Waals surface area contributed by atoms with Crippen LogP contribution < -0.4 is 10.6 Å². The summed E-state index contributed by atoms with van der Waals surface area (Å²) in [4.78, 5) is 52.7. The maximum Gasteiger partial charge on any atom is 0.337 e. The number of carboxylic acid groups (broad SMARTS) is 1. The Hall–Kier alpha value is -4.66. The first-order valence-corrected chi connectivity index (χ1v) is 11.2. The summed E-state index contributed by atoms with van der Waals surface area (Å²) in [6, 6.07) is 13.1. The van der Waals surface area contributed by atoms with Crippen LogP contribution in [0.5, 0.6) is 0 Å². The Bertz CT molecular complexity index is 1400. The second-order valence-electron chi connectivity index (χ2n) is 8.48. The Labute approximate surface area is 207 Å². The Morgan fingerprint density at radius 1 is 1.11 bits per heavy atom. The van der Waals surface area contributed by atoms with Crippen LogP contribution in [0.25, 0.3) is 11.6 Å². The number of hydrogen-bond acceptors (Lipinski definition) is 5. The van der Waals surface area contributed by atoms with E-state index in [4.69, 9.17) is 4.74 Å². The number of esters is 1. The van der Waals surface area contributed by atoms with E-state index in [9.17, 15) is 24.3 Å². The lowest BCUT2D eigenvalue weighted by Crippen LogP contribution is -2.43. The molecule has 1 aliphatic rings. The number of carbonyl (C=O) groups is 4. The fraction of sp³-hybridized carbons (Fsp3) is 0.185. The number of H-pyrrole nitrogens is 1. The second-order valence-corrected chi connectivity index (χ2v) is 8.48. The molecule has 9 nitrogen and oxygen atoms in total. The first kappa shape index (κ1) is 24.5. The molecule has 0 radical (unpaired) electrons. The molecule has 3 aromatic rings. The number of amides is 2. The number of anilines is 1. The lowest BCUT2D eigenvalue weighted by Gasteiger charge is -2.17. The predicted octanol–water partition coefficient (Wildman–Crippen LogP) is 3.34. The van der Waals surface area contributed by atoms with E-state index < -0.39 is 23.9 Å². The van der Waals surface area contributed by atoms with Crippen LogP contribution in [0.15, 0.2) is 48.5 Å². The van der Waals surface area contributed by atoms with Gasteiger partial charge in [-0.05, 0) is 49.2 Å². The predicted molar refractivity (Wildman–Crippen MR) is 134 cm³/mol. The standard InChI is InChI=1S/C27H25N3O6/c1-14-21(28-15(2)23(14)26(33)34)13-19-18-12-17(9-10-20(18)29-25(19)32)24(31)30-22(27(35)36-3)11-16-7-5-4-6-8-16/h4-10,12-13,22,28H,11H2,1-3H3,(H,29,32)(H,30,31)(H,33,34)/b19-13-/t22-/m0/s1. The minimum absolute atomic E-state index is 0.154. The quantitative estimate of drug-likeness (QED) is 0.298. The normalized spacial score (nSPS) is 14.2. The average Bonchev–Trinajstić information content (AvgIpc) is 3.32. The number of benzene rings is 2. The van der Waals surface area contributed by atoms with Crippen LogP contribution in [0, 0.1) is 13.8 Å². The van der Waals surface area contributed by atoms with Crippen LogP contribution in [0.2, 0.25) is 0 Å². The molecule has 0 unspecified atom stereocenters. The Morgan fingerprint density at radius 2 is 1.83 bits per heavy atom. The molecule has 0 spiro atoms. The lowest BCUT2D eigenvalue weighted by atomic mass is 10.0. The van der Waals surface area contributed by atoms with Gasteiger partial charge < -0.3 is 25.5 Å². The van der Waals surface area contributed by atoms with Crippen molar-refractivity contribution in [1.29, 1.82) is 0 Å². The van der Waals surface area contributed by atoms with E-state index in [1.165, 1.54) is 7.11 Å². The Morgan fingerprint density at radius 3 is 2.47 bits per heavy atom. The van der Waals surface area contributed by atoms with Gasteiger partial charge in [0, 0.05) is 34.6 Å². The molecule has 184 valence electrons. The van der Waals surface area contributed by atoms with Gasteiger partial charge in [-0.15, -0.1) is 0 Å². The second kappa shape index (κ2) is 9.91. The van der Waals surface area contributed by atoms with Gasteiger partial charge in [0.25, 0.3) is 11.8 Å². The number of aromatic carboxylic acids is 1. The molecule has 1 atom stereocenters. The van der Waals surface area contributed by atoms with Gasteiger partial charge in [-0.1, -0.05) is 30.3 Å². The Balaban J connectivity index is 1.63. The van der Waals surface area contributed by atoms with E-state index in [2.05, 4.69) is 15.6 Å². The summed E-state index contributed by atoms with van der Waals surface area (Å²) in [6.07, 6.45) is 1.83. The van der Waals surface area contributed by atoms with E-state index in [0.717, 1.165) is 5.56 Å². The number of carbonyl (C=O) groups excluding carboxylic acids is 3. The third-order valence-electron chi connectivity index (χ3n) is 6.12. The van der Waals surface area contributed by atoms with Crippen LogP contribution in [0.1, 0.15) is 48.8 Å². The molecule has 2 aromatic carbocycles. The number of aromatic amines is 1. The van der Waals surface area contributed by atoms with Crippen molar-refractivity contribution in [3.05, 3.63) is 87.7 Å². The van der Waals surface area contributed by atoms with Crippen LogP contribution >= 0.6 is 0 Å². The molecule has 0 aliphatic carbocycles. The van der Waals surface area contributed by atoms with Crippen molar-refractivity contribution in [2.24, 2.45) is 0 Å². The molecule has 0 saturated heterocycles. The largest absolute Gasteiger partial charge is 0.478 e. The molecule has 0 saturated carbocycles. The molecule has 1 aromatic heterocycles. The number of carboxylic acids is 1. The third-order valence-corrected chi connectivity index (χ3v) is 6.12. The highest BCUT2D eigenvalue weighted by atomic mass is 16.5. The number of ether oxygens (including phenoxy) is 1. The number of methoxy groups -OCH3 is 1. The van der Waals surface area contributed by atoms with Gasteiger partial charge in [-0.3, -0.25) is 9.59 Å². The molecule has 4 N–H and O–H groups in total. The van der Waals surface area contributed by atoms with Crippen molar-refractivity contribution >= 4 is 41.1 Å². The summed E-state index contributed by atoms with van der Waals surface area (Å²) in [5.74, 6) is -2.50. The minimum atomic E-state index is -1.06.